The van der Waals surface area contributed by atoms with Crippen LogP contribution in [0.15, 0.2) is 18.2 Å². The highest BCUT2D eigenvalue weighted by atomic mass is 16.3. The van der Waals surface area contributed by atoms with Gasteiger partial charge in [-0.15, -0.1) is 0 Å². The van der Waals surface area contributed by atoms with Crippen LogP contribution >= 0.6 is 0 Å². The fourth-order valence-corrected chi connectivity index (χ4v) is 2.42. The first-order valence-corrected chi connectivity index (χ1v) is 6.36. The molecule has 0 bridgehead atoms. The highest BCUT2D eigenvalue weighted by molar-refractivity contribution is 5.36. The molecule has 0 radical (unpaired) electrons. The molecule has 88 valence electrons. The van der Waals surface area contributed by atoms with E-state index in [-0.39, 0.29) is 12.0 Å². The predicted molar refractivity (Wildman–Crippen MR) is 67.8 cm³/mol. The zero-order valence-corrected chi connectivity index (χ0v) is 10.4. The van der Waals surface area contributed by atoms with Crippen LogP contribution in [0.4, 0.5) is 0 Å². The minimum absolute atomic E-state index is 0.110. The smallest absolute Gasteiger partial charge is 0.0522 e. The Morgan fingerprint density at radius 2 is 1.75 bits per heavy atom. The van der Waals surface area contributed by atoms with Crippen LogP contribution < -0.4 is 0 Å². The Labute approximate surface area is 98.5 Å². The van der Waals surface area contributed by atoms with Gasteiger partial charge >= 0.3 is 0 Å². The summed E-state index contributed by atoms with van der Waals surface area (Å²) in [5.74, 6) is 0. The second-order valence-electron chi connectivity index (χ2n) is 5.59. The van der Waals surface area contributed by atoms with Crippen molar-refractivity contribution in [2.45, 2.75) is 51.4 Å². The monoisotopic (exact) mass is 218 g/mol. The fourth-order valence-electron chi connectivity index (χ4n) is 2.42. The van der Waals surface area contributed by atoms with E-state index in [1.165, 1.54) is 48.8 Å². The Balaban J connectivity index is 2.34. The molecular weight excluding hydrogens is 196 g/mol. The lowest BCUT2D eigenvalue weighted by Gasteiger charge is -2.23. The molecule has 0 saturated carbocycles. The summed E-state index contributed by atoms with van der Waals surface area (Å²) in [5.41, 5.74) is 4.20. The number of aliphatic hydroxyl groups excluding tert-OH is 1. The second-order valence-corrected chi connectivity index (χ2v) is 5.59. The van der Waals surface area contributed by atoms with Crippen molar-refractivity contribution in [2.75, 3.05) is 6.61 Å². The summed E-state index contributed by atoms with van der Waals surface area (Å²) in [6, 6.07) is 6.78. The molecular formula is C15H22O. The summed E-state index contributed by atoms with van der Waals surface area (Å²) < 4.78 is 0. The van der Waals surface area contributed by atoms with Crippen LogP contribution in [0.2, 0.25) is 0 Å². The van der Waals surface area contributed by atoms with Gasteiger partial charge in [-0.3, -0.25) is 0 Å². The maximum Gasteiger partial charge on any atom is 0.0522 e. The third kappa shape index (κ3) is 2.30. The van der Waals surface area contributed by atoms with E-state index in [1.54, 1.807) is 0 Å². The van der Waals surface area contributed by atoms with Gasteiger partial charge in [-0.25, -0.2) is 0 Å². The molecule has 1 heteroatoms. The van der Waals surface area contributed by atoms with Gasteiger partial charge in [0.2, 0.25) is 0 Å². The van der Waals surface area contributed by atoms with Gasteiger partial charge < -0.3 is 5.11 Å². The predicted octanol–water partition coefficient (Wildman–Crippen LogP) is 3.23. The fraction of sp³-hybridized carbons (Fsp3) is 0.600. The molecule has 2 rings (SSSR count). The van der Waals surface area contributed by atoms with Crippen LogP contribution in [0, 0.1) is 0 Å². The largest absolute Gasteiger partial charge is 0.395 e. The standard InChI is InChI=1S/C15H22O/c1-15(2,11-16)14-9-8-12-6-4-3-5-7-13(12)10-14/h8-10,16H,3-7,11H2,1-2H3. The molecule has 0 fully saturated rings. The van der Waals surface area contributed by atoms with Crippen molar-refractivity contribution in [2.24, 2.45) is 0 Å². The third-order valence-corrected chi connectivity index (χ3v) is 3.78. The number of benzene rings is 1. The summed E-state index contributed by atoms with van der Waals surface area (Å²) >= 11 is 0. The van der Waals surface area contributed by atoms with Gasteiger partial charge in [0.05, 0.1) is 6.61 Å². The van der Waals surface area contributed by atoms with Gasteiger partial charge in [0.25, 0.3) is 0 Å². The molecule has 1 aliphatic rings. The van der Waals surface area contributed by atoms with E-state index < -0.39 is 0 Å². The van der Waals surface area contributed by atoms with Crippen molar-refractivity contribution in [3.8, 4) is 0 Å². The lowest BCUT2D eigenvalue weighted by Crippen LogP contribution is -2.22. The first-order valence-electron chi connectivity index (χ1n) is 6.36. The zero-order valence-electron chi connectivity index (χ0n) is 10.4. The highest BCUT2D eigenvalue weighted by Gasteiger charge is 2.20. The van der Waals surface area contributed by atoms with Gasteiger partial charge in [0.1, 0.15) is 0 Å². The SMILES string of the molecule is CC(C)(CO)c1ccc2c(c1)CCCCC2. The number of hydrogen-bond donors (Lipinski definition) is 1. The number of fused-ring (bicyclic) bond motifs is 1. The summed E-state index contributed by atoms with van der Waals surface area (Å²) in [6.07, 6.45) is 6.44. The van der Waals surface area contributed by atoms with Crippen molar-refractivity contribution in [1.29, 1.82) is 0 Å². The summed E-state index contributed by atoms with van der Waals surface area (Å²) in [4.78, 5) is 0. The lowest BCUT2D eigenvalue weighted by molar-refractivity contribution is 0.218. The first-order chi connectivity index (χ1) is 7.63. The highest BCUT2D eigenvalue weighted by Crippen LogP contribution is 2.28. The van der Waals surface area contributed by atoms with E-state index in [0.717, 1.165) is 0 Å². The van der Waals surface area contributed by atoms with Crippen LogP contribution in [-0.4, -0.2) is 11.7 Å². The van der Waals surface area contributed by atoms with Crippen molar-refractivity contribution in [3.63, 3.8) is 0 Å². The molecule has 0 amide bonds. The molecule has 0 saturated heterocycles. The van der Waals surface area contributed by atoms with Gasteiger partial charge in [0.15, 0.2) is 0 Å². The molecule has 1 aliphatic carbocycles. The minimum Gasteiger partial charge on any atom is -0.395 e. The molecule has 0 aliphatic heterocycles. The van der Waals surface area contributed by atoms with Crippen LogP contribution in [0.25, 0.3) is 0 Å². The number of aryl methyl sites for hydroxylation is 2. The van der Waals surface area contributed by atoms with Crippen molar-refractivity contribution < 1.29 is 5.11 Å². The van der Waals surface area contributed by atoms with E-state index >= 15 is 0 Å². The quantitative estimate of drug-likeness (QED) is 0.756. The van der Waals surface area contributed by atoms with Gasteiger partial charge in [0, 0.05) is 5.41 Å². The molecule has 16 heavy (non-hydrogen) atoms. The summed E-state index contributed by atoms with van der Waals surface area (Å²) in [7, 11) is 0. The van der Waals surface area contributed by atoms with E-state index in [2.05, 4.69) is 32.0 Å². The van der Waals surface area contributed by atoms with Crippen LogP contribution in [-0.2, 0) is 18.3 Å². The van der Waals surface area contributed by atoms with Crippen LogP contribution in [0.3, 0.4) is 0 Å². The van der Waals surface area contributed by atoms with E-state index in [1.807, 2.05) is 0 Å². The van der Waals surface area contributed by atoms with Crippen molar-refractivity contribution in [3.05, 3.63) is 34.9 Å². The average Bonchev–Trinajstić information content (AvgIpc) is 2.53. The molecule has 1 N–H and O–H groups in total. The van der Waals surface area contributed by atoms with Gasteiger partial charge in [-0.2, -0.15) is 0 Å². The average molecular weight is 218 g/mol. The lowest BCUT2D eigenvalue weighted by atomic mass is 9.83. The summed E-state index contributed by atoms with van der Waals surface area (Å²) in [5, 5.41) is 9.41. The number of rotatable bonds is 2. The maximum absolute atomic E-state index is 9.41. The molecule has 1 aromatic rings. The summed E-state index contributed by atoms with van der Waals surface area (Å²) in [6.45, 7) is 4.42. The second kappa shape index (κ2) is 4.58. The molecule has 0 atom stereocenters. The molecule has 0 aromatic heterocycles. The topological polar surface area (TPSA) is 20.2 Å². The Kier molecular flexibility index (Phi) is 3.34. The molecule has 0 heterocycles. The Bertz CT molecular complexity index is 366. The van der Waals surface area contributed by atoms with Gasteiger partial charge in [-0.1, -0.05) is 38.5 Å². The van der Waals surface area contributed by atoms with Gasteiger partial charge in [-0.05, 0) is 42.4 Å². The van der Waals surface area contributed by atoms with Crippen molar-refractivity contribution >= 4 is 0 Å². The number of aliphatic hydroxyl groups is 1. The van der Waals surface area contributed by atoms with Crippen LogP contribution in [0.1, 0.15) is 49.8 Å². The van der Waals surface area contributed by atoms with E-state index in [9.17, 15) is 5.11 Å². The normalized spacial score (nSPS) is 16.7. The number of hydrogen-bond acceptors (Lipinski definition) is 1. The first kappa shape index (κ1) is 11.7. The molecule has 1 nitrogen and oxygen atoms in total. The Morgan fingerprint density at radius 3 is 2.44 bits per heavy atom. The minimum atomic E-state index is -0.110. The molecule has 0 spiro atoms. The van der Waals surface area contributed by atoms with E-state index in [4.69, 9.17) is 0 Å². The van der Waals surface area contributed by atoms with Crippen molar-refractivity contribution in [1.82, 2.24) is 0 Å². The molecule has 1 aromatic carbocycles. The zero-order chi connectivity index (χ0) is 11.6. The Morgan fingerprint density at radius 1 is 1.06 bits per heavy atom. The maximum atomic E-state index is 9.41. The van der Waals surface area contributed by atoms with E-state index in [0.29, 0.717) is 0 Å². The Hall–Kier alpha value is -0.820. The molecule has 0 unspecified atom stereocenters. The van der Waals surface area contributed by atoms with Crippen LogP contribution in [0.5, 0.6) is 0 Å². The third-order valence-electron chi connectivity index (χ3n) is 3.78.